The number of aromatic nitrogens is 2. The van der Waals surface area contributed by atoms with E-state index in [2.05, 4.69) is 22.4 Å². The Labute approximate surface area is 88.2 Å². The molecule has 5 nitrogen and oxygen atoms in total. The Morgan fingerprint density at radius 3 is 3.00 bits per heavy atom. The zero-order valence-corrected chi connectivity index (χ0v) is 8.91. The molecule has 2 atom stereocenters. The standard InChI is InChI=1S/C10H15N3O2/c1-6-3-11-4-7(6)9-8(5-12-13-9)10(14)15-2/h5-7,11H,3-4H2,1-2H3,(H,12,13). The monoisotopic (exact) mass is 209 g/mol. The largest absolute Gasteiger partial charge is 0.465 e. The second-order valence-electron chi connectivity index (χ2n) is 3.93. The number of hydrogen-bond acceptors (Lipinski definition) is 4. The highest BCUT2D eigenvalue weighted by Gasteiger charge is 2.29. The summed E-state index contributed by atoms with van der Waals surface area (Å²) in [6, 6.07) is 0. The SMILES string of the molecule is COC(=O)c1cn[nH]c1C1CNCC1C. The number of esters is 1. The Morgan fingerprint density at radius 2 is 2.40 bits per heavy atom. The number of aromatic amines is 1. The van der Waals surface area contributed by atoms with Gasteiger partial charge in [-0.3, -0.25) is 5.10 Å². The van der Waals surface area contributed by atoms with Gasteiger partial charge in [0, 0.05) is 12.5 Å². The van der Waals surface area contributed by atoms with Crippen molar-refractivity contribution in [3.05, 3.63) is 17.5 Å². The smallest absolute Gasteiger partial charge is 0.341 e. The van der Waals surface area contributed by atoms with E-state index in [0.29, 0.717) is 17.4 Å². The van der Waals surface area contributed by atoms with Crippen LogP contribution in [0.5, 0.6) is 0 Å². The molecule has 1 saturated heterocycles. The molecule has 0 amide bonds. The van der Waals surface area contributed by atoms with Crippen molar-refractivity contribution in [1.82, 2.24) is 15.5 Å². The average Bonchev–Trinajstić information content (AvgIpc) is 2.84. The molecule has 0 radical (unpaired) electrons. The number of rotatable bonds is 2. The number of carbonyl (C=O) groups excluding carboxylic acids is 1. The van der Waals surface area contributed by atoms with Crippen molar-refractivity contribution in [3.63, 3.8) is 0 Å². The number of nitrogens with one attached hydrogen (secondary N) is 2. The molecule has 2 heterocycles. The lowest BCUT2D eigenvalue weighted by atomic mass is 9.92. The minimum atomic E-state index is -0.321. The molecule has 1 aliphatic rings. The predicted molar refractivity (Wildman–Crippen MR) is 54.7 cm³/mol. The Balaban J connectivity index is 2.28. The zero-order chi connectivity index (χ0) is 10.8. The van der Waals surface area contributed by atoms with Gasteiger partial charge in [0.15, 0.2) is 0 Å². The summed E-state index contributed by atoms with van der Waals surface area (Å²) < 4.78 is 4.71. The van der Waals surface area contributed by atoms with Gasteiger partial charge in [-0.2, -0.15) is 5.10 Å². The van der Waals surface area contributed by atoms with Crippen LogP contribution in [0.3, 0.4) is 0 Å². The van der Waals surface area contributed by atoms with Crippen LogP contribution in [0.15, 0.2) is 6.20 Å². The molecule has 5 heteroatoms. The van der Waals surface area contributed by atoms with Gasteiger partial charge in [0.05, 0.1) is 19.0 Å². The molecule has 0 spiro atoms. The van der Waals surface area contributed by atoms with Crippen molar-refractivity contribution in [3.8, 4) is 0 Å². The van der Waals surface area contributed by atoms with E-state index in [1.54, 1.807) is 0 Å². The van der Waals surface area contributed by atoms with Gasteiger partial charge in [-0.1, -0.05) is 6.92 Å². The van der Waals surface area contributed by atoms with E-state index < -0.39 is 0 Å². The maximum absolute atomic E-state index is 11.5. The second kappa shape index (κ2) is 4.02. The maximum atomic E-state index is 11.5. The Morgan fingerprint density at radius 1 is 1.60 bits per heavy atom. The van der Waals surface area contributed by atoms with Crippen LogP contribution in [0, 0.1) is 5.92 Å². The summed E-state index contributed by atoms with van der Waals surface area (Å²) in [4.78, 5) is 11.5. The van der Waals surface area contributed by atoms with Crippen molar-refractivity contribution in [1.29, 1.82) is 0 Å². The topological polar surface area (TPSA) is 67.0 Å². The van der Waals surface area contributed by atoms with Gasteiger partial charge in [0.1, 0.15) is 5.56 Å². The molecule has 0 aromatic carbocycles. The number of methoxy groups -OCH3 is 1. The quantitative estimate of drug-likeness (QED) is 0.697. The van der Waals surface area contributed by atoms with Crippen LogP contribution < -0.4 is 5.32 Å². The van der Waals surface area contributed by atoms with E-state index >= 15 is 0 Å². The lowest BCUT2D eigenvalue weighted by Crippen LogP contribution is -2.13. The van der Waals surface area contributed by atoms with Crippen LogP contribution in [-0.2, 0) is 4.74 Å². The summed E-state index contributed by atoms with van der Waals surface area (Å²) >= 11 is 0. The summed E-state index contributed by atoms with van der Waals surface area (Å²) in [6.07, 6.45) is 1.53. The van der Waals surface area contributed by atoms with E-state index in [4.69, 9.17) is 4.74 Å². The van der Waals surface area contributed by atoms with Crippen LogP contribution in [0.2, 0.25) is 0 Å². The summed E-state index contributed by atoms with van der Waals surface area (Å²) in [5.41, 5.74) is 1.44. The lowest BCUT2D eigenvalue weighted by Gasteiger charge is -2.13. The van der Waals surface area contributed by atoms with Crippen molar-refractivity contribution in [2.75, 3.05) is 20.2 Å². The Hall–Kier alpha value is -1.36. The first kappa shape index (κ1) is 10.2. The molecule has 15 heavy (non-hydrogen) atoms. The summed E-state index contributed by atoms with van der Waals surface area (Å²) in [5.74, 6) is 0.508. The third-order valence-corrected chi connectivity index (χ3v) is 2.96. The van der Waals surface area contributed by atoms with Gasteiger partial charge in [-0.05, 0) is 12.5 Å². The first-order valence-electron chi connectivity index (χ1n) is 5.06. The highest BCUT2D eigenvalue weighted by Crippen LogP contribution is 2.28. The normalized spacial score (nSPS) is 25.5. The number of hydrogen-bond donors (Lipinski definition) is 2. The third-order valence-electron chi connectivity index (χ3n) is 2.96. The molecule has 1 aliphatic heterocycles. The lowest BCUT2D eigenvalue weighted by molar-refractivity contribution is 0.0599. The predicted octanol–water partition coefficient (Wildman–Crippen LogP) is 0.519. The Kier molecular flexibility index (Phi) is 2.73. The summed E-state index contributed by atoms with van der Waals surface area (Å²) in [6.45, 7) is 4.02. The molecule has 82 valence electrons. The fourth-order valence-electron chi connectivity index (χ4n) is 2.05. The fourth-order valence-corrected chi connectivity index (χ4v) is 2.05. The first-order valence-corrected chi connectivity index (χ1v) is 5.06. The molecule has 2 rings (SSSR count). The molecule has 2 N–H and O–H groups in total. The van der Waals surface area contributed by atoms with Crippen LogP contribution in [0.1, 0.15) is 28.9 Å². The third kappa shape index (κ3) is 1.74. The molecular formula is C10H15N3O2. The number of nitrogens with zero attached hydrogens (tertiary/aromatic N) is 1. The van der Waals surface area contributed by atoms with E-state index in [9.17, 15) is 4.79 Å². The molecule has 1 aromatic rings. The van der Waals surface area contributed by atoms with Gasteiger partial charge in [0.25, 0.3) is 0 Å². The van der Waals surface area contributed by atoms with Gasteiger partial charge in [0.2, 0.25) is 0 Å². The molecule has 0 aliphatic carbocycles. The van der Waals surface area contributed by atoms with Crippen LogP contribution in [0.25, 0.3) is 0 Å². The van der Waals surface area contributed by atoms with Gasteiger partial charge in [-0.25, -0.2) is 4.79 Å². The van der Waals surface area contributed by atoms with Crippen LogP contribution in [-0.4, -0.2) is 36.4 Å². The summed E-state index contributed by atoms with van der Waals surface area (Å²) in [7, 11) is 1.38. The van der Waals surface area contributed by atoms with E-state index in [0.717, 1.165) is 18.8 Å². The minimum absolute atomic E-state index is 0.321. The van der Waals surface area contributed by atoms with E-state index in [1.807, 2.05) is 0 Å². The van der Waals surface area contributed by atoms with Crippen molar-refractivity contribution in [2.45, 2.75) is 12.8 Å². The number of ether oxygens (including phenoxy) is 1. The Bertz CT molecular complexity index is 361. The first-order chi connectivity index (χ1) is 7.24. The van der Waals surface area contributed by atoms with E-state index in [-0.39, 0.29) is 5.97 Å². The fraction of sp³-hybridized carbons (Fsp3) is 0.600. The highest BCUT2D eigenvalue weighted by molar-refractivity contribution is 5.90. The van der Waals surface area contributed by atoms with Crippen molar-refractivity contribution >= 4 is 5.97 Å². The second-order valence-corrected chi connectivity index (χ2v) is 3.93. The minimum Gasteiger partial charge on any atom is -0.465 e. The molecule has 1 fully saturated rings. The molecule has 2 unspecified atom stereocenters. The van der Waals surface area contributed by atoms with Crippen LogP contribution in [0.4, 0.5) is 0 Å². The molecular weight excluding hydrogens is 194 g/mol. The van der Waals surface area contributed by atoms with E-state index in [1.165, 1.54) is 13.3 Å². The summed E-state index contributed by atoms with van der Waals surface area (Å²) in [5, 5.41) is 10.1. The van der Waals surface area contributed by atoms with Gasteiger partial charge in [-0.15, -0.1) is 0 Å². The van der Waals surface area contributed by atoms with Gasteiger partial charge < -0.3 is 10.1 Å². The molecule has 0 bridgehead atoms. The maximum Gasteiger partial charge on any atom is 0.341 e. The zero-order valence-electron chi connectivity index (χ0n) is 8.91. The number of H-pyrrole nitrogens is 1. The van der Waals surface area contributed by atoms with Gasteiger partial charge >= 0.3 is 5.97 Å². The average molecular weight is 209 g/mol. The molecule has 0 saturated carbocycles. The molecule has 1 aromatic heterocycles. The number of carbonyl (C=O) groups is 1. The van der Waals surface area contributed by atoms with Crippen molar-refractivity contribution in [2.24, 2.45) is 5.92 Å². The van der Waals surface area contributed by atoms with Crippen LogP contribution >= 0.6 is 0 Å². The van der Waals surface area contributed by atoms with Crippen molar-refractivity contribution < 1.29 is 9.53 Å². The highest BCUT2D eigenvalue weighted by atomic mass is 16.5.